The van der Waals surface area contributed by atoms with Gasteiger partial charge in [-0.2, -0.15) is 0 Å². The van der Waals surface area contributed by atoms with Crippen molar-refractivity contribution in [1.29, 1.82) is 0 Å². The highest BCUT2D eigenvalue weighted by atomic mass is 16.1. The van der Waals surface area contributed by atoms with E-state index in [1.807, 2.05) is 36.5 Å². The molecule has 0 saturated heterocycles. The maximum atomic E-state index is 12.8. The third kappa shape index (κ3) is 3.99. The Labute approximate surface area is 187 Å². The van der Waals surface area contributed by atoms with Gasteiger partial charge in [-0.15, -0.1) is 0 Å². The van der Waals surface area contributed by atoms with Crippen LogP contribution in [0.2, 0.25) is 0 Å². The lowest BCUT2D eigenvalue weighted by atomic mass is 10.0. The summed E-state index contributed by atoms with van der Waals surface area (Å²) in [6.45, 7) is 6.50. The maximum absolute atomic E-state index is 12.8. The first kappa shape index (κ1) is 20.3. The number of aromatic nitrogens is 3. The molecule has 0 fully saturated rings. The highest BCUT2D eigenvalue weighted by Gasteiger charge is 2.21. The summed E-state index contributed by atoms with van der Waals surface area (Å²) in [7, 11) is 0. The Kier molecular flexibility index (Phi) is 5.41. The molecule has 5 heteroatoms. The number of benzene rings is 2. The van der Waals surface area contributed by atoms with Crippen LogP contribution in [-0.2, 0) is 19.5 Å². The van der Waals surface area contributed by atoms with Crippen molar-refractivity contribution in [1.82, 2.24) is 19.9 Å². The molecule has 2 aromatic heterocycles. The van der Waals surface area contributed by atoms with Gasteiger partial charge in [0, 0.05) is 43.4 Å². The van der Waals surface area contributed by atoms with Crippen LogP contribution in [0.4, 0.5) is 0 Å². The van der Waals surface area contributed by atoms with Crippen molar-refractivity contribution < 1.29 is 0 Å². The van der Waals surface area contributed by atoms with E-state index >= 15 is 0 Å². The van der Waals surface area contributed by atoms with E-state index in [1.54, 1.807) is 0 Å². The maximum Gasteiger partial charge on any atom is 0.255 e. The molecule has 160 valence electrons. The average molecular weight is 423 g/mol. The van der Waals surface area contributed by atoms with Crippen LogP contribution in [0.5, 0.6) is 0 Å². The van der Waals surface area contributed by atoms with Gasteiger partial charge in [0.2, 0.25) is 0 Å². The van der Waals surface area contributed by atoms with Crippen molar-refractivity contribution in [2.24, 2.45) is 0 Å². The van der Waals surface area contributed by atoms with E-state index in [9.17, 15) is 4.79 Å². The Morgan fingerprint density at radius 2 is 1.84 bits per heavy atom. The lowest BCUT2D eigenvalue weighted by molar-refractivity contribution is 0.241. The van der Waals surface area contributed by atoms with Crippen LogP contribution in [0.15, 0.2) is 71.7 Å². The molecular weight excluding hydrogens is 396 g/mol. The average Bonchev–Trinajstić information content (AvgIpc) is 2.82. The van der Waals surface area contributed by atoms with Crippen molar-refractivity contribution in [3.8, 4) is 22.6 Å². The molecule has 0 unspecified atom stereocenters. The molecule has 3 heterocycles. The fourth-order valence-corrected chi connectivity index (χ4v) is 4.31. The molecule has 1 aliphatic heterocycles. The van der Waals surface area contributed by atoms with Crippen LogP contribution in [-0.4, -0.2) is 26.4 Å². The first-order valence-electron chi connectivity index (χ1n) is 11.0. The van der Waals surface area contributed by atoms with Gasteiger partial charge in [0.15, 0.2) is 0 Å². The minimum Gasteiger partial charge on any atom is -0.306 e. The van der Waals surface area contributed by atoms with E-state index in [1.165, 1.54) is 16.7 Å². The summed E-state index contributed by atoms with van der Waals surface area (Å²) in [4.78, 5) is 27.5. The smallest absolute Gasteiger partial charge is 0.255 e. The number of aromatic amines is 1. The van der Waals surface area contributed by atoms with Crippen LogP contribution in [0.25, 0.3) is 22.6 Å². The first-order chi connectivity index (χ1) is 15.6. The van der Waals surface area contributed by atoms with E-state index < -0.39 is 0 Å². The van der Waals surface area contributed by atoms with Gasteiger partial charge in [-0.05, 0) is 36.6 Å². The molecule has 0 amide bonds. The zero-order valence-corrected chi connectivity index (χ0v) is 18.4. The largest absolute Gasteiger partial charge is 0.306 e. The van der Waals surface area contributed by atoms with Gasteiger partial charge in [-0.1, -0.05) is 54.6 Å². The molecule has 0 saturated carbocycles. The molecule has 0 bridgehead atoms. The number of aryl methyl sites for hydroxylation is 1. The molecule has 32 heavy (non-hydrogen) atoms. The van der Waals surface area contributed by atoms with Gasteiger partial charge in [-0.3, -0.25) is 14.7 Å². The Balaban J connectivity index is 1.32. The zero-order valence-electron chi connectivity index (χ0n) is 18.4. The second-order valence-corrected chi connectivity index (χ2v) is 8.47. The number of nitrogens with one attached hydrogen (secondary N) is 1. The molecule has 0 atom stereocenters. The summed E-state index contributed by atoms with van der Waals surface area (Å²) in [5.41, 5.74) is 8.43. The van der Waals surface area contributed by atoms with Crippen molar-refractivity contribution in [3.63, 3.8) is 0 Å². The number of pyridine rings is 1. The standard InChI is InChI=1S/C27H26N4O/c1-18-7-6-10-22(19(18)2)24-12-11-20(15-28-24)16-31-14-13-25-23(17-31)27(32)30-26(29-25)21-8-4-3-5-9-21/h3-12,15H,13-14,16-17H2,1-2H3,(H,29,30,32). The number of rotatable bonds is 4. The SMILES string of the molecule is Cc1cccc(-c2ccc(CN3CCc4nc(-c5ccccc5)[nH]c(=O)c4C3)cn2)c1C. The second-order valence-electron chi connectivity index (χ2n) is 8.47. The highest BCUT2D eigenvalue weighted by molar-refractivity contribution is 5.64. The monoisotopic (exact) mass is 422 g/mol. The Hall–Kier alpha value is -3.57. The van der Waals surface area contributed by atoms with E-state index in [-0.39, 0.29) is 5.56 Å². The molecule has 5 nitrogen and oxygen atoms in total. The predicted molar refractivity (Wildman–Crippen MR) is 127 cm³/mol. The van der Waals surface area contributed by atoms with Crippen LogP contribution in [0, 0.1) is 13.8 Å². The summed E-state index contributed by atoms with van der Waals surface area (Å²) in [5.74, 6) is 0.647. The molecule has 0 aliphatic carbocycles. The van der Waals surface area contributed by atoms with Crippen LogP contribution in [0.3, 0.4) is 0 Å². The number of fused-ring (bicyclic) bond motifs is 1. The Morgan fingerprint density at radius 1 is 1.00 bits per heavy atom. The number of H-pyrrole nitrogens is 1. The third-order valence-corrected chi connectivity index (χ3v) is 6.31. The Bertz CT molecular complexity index is 1310. The van der Waals surface area contributed by atoms with Crippen LogP contribution >= 0.6 is 0 Å². The molecule has 4 aromatic rings. The number of nitrogens with zero attached hydrogens (tertiary/aromatic N) is 3. The lowest BCUT2D eigenvalue weighted by Gasteiger charge is -2.27. The summed E-state index contributed by atoms with van der Waals surface area (Å²) >= 11 is 0. The van der Waals surface area contributed by atoms with Gasteiger partial charge < -0.3 is 4.98 Å². The fraction of sp³-hybridized carbons (Fsp3) is 0.222. The highest BCUT2D eigenvalue weighted by Crippen LogP contribution is 2.25. The summed E-state index contributed by atoms with van der Waals surface area (Å²) in [6, 6.07) is 20.4. The van der Waals surface area contributed by atoms with Gasteiger partial charge >= 0.3 is 0 Å². The molecule has 0 spiro atoms. The lowest BCUT2D eigenvalue weighted by Crippen LogP contribution is -2.35. The van der Waals surface area contributed by atoms with Crippen molar-refractivity contribution in [3.05, 3.63) is 105 Å². The van der Waals surface area contributed by atoms with E-state index in [2.05, 4.69) is 54.1 Å². The molecule has 1 N–H and O–H groups in total. The summed E-state index contributed by atoms with van der Waals surface area (Å²) < 4.78 is 0. The second kappa shape index (κ2) is 8.52. The molecule has 0 radical (unpaired) electrons. The quantitative estimate of drug-likeness (QED) is 0.519. The van der Waals surface area contributed by atoms with E-state index in [0.717, 1.165) is 47.6 Å². The van der Waals surface area contributed by atoms with Crippen molar-refractivity contribution in [2.45, 2.75) is 33.4 Å². The predicted octanol–water partition coefficient (Wildman–Crippen LogP) is 4.67. The van der Waals surface area contributed by atoms with Crippen LogP contribution < -0.4 is 5.56 Å². The zero-order chi connectivity index (χ0) is 22.1. The molecule has 1 aliphatic rings. The molecular formula is C27H26N4O. The van der Waals surface area contributed by atoms with Gasteiger partial charge in [0.05, 0.1) is 17.0 Å². The summed E-state index contributed by atoms with van der Waals surface area (Å²) in [6.07, 6.45) is 2.72. The fourth-order valence-electron chi connectivity index (χ4n) is 4.31. The topological polar surface area (TPSA) is 61.9 Å². The van der Waals surface area contributed by atoms with Gasteiger partial charge in [-0.25, -0.2) is 4.98 Å². The van der Waals surface area contributed by atoms with E-state index in [0.29, 0.717) is 12.4 Å². The first-order valence-corrected chi connectivity index (χ1v) is 11.0. The third-order valence-electron chi connectivity index (χ3n) is 6.31. The number of hydrogen-bond acceptors (Lipinski definition) is 4. The summed E-state index contributed by atoms with van der Waals surface area (Å²) in [5, 5.41) is 0. The number of hydrogen-bond donors (Lipinski definition) is 1. The van der Waals surface area contributed by atoms with Crippen LogP contribution in [0.1, 0.15) is 27.9 Å². The van der Waals surface area contributed by atoms with E-state index in [4.69, 9.17) is 9.97 Å². The molecule has 5 rings (SSSR count). The Morgan fingerprint density at radius 3 is 2.62 bits per heavy atom. The van der Waals surface area contributed by atoms with Crippen molar-refractivity contribution >= 4 is 0 Å². The minimum absolute atomic E-state index is 0.0399. The normalized spacial score (nSPS) is 13.7. The molecule has 2 aromatic carbocycles. The van der Waals surface area contributed by atoms with Gasteiger partial charge in [0.1, 0.15) is 5.82 Å². The van der Waals surface area contributed by atoms with Gasteiger partial charge in [0.25, 0.3) is 5.56 Å². The van der Waals surface area contributed by atoms with Crippen molar-refractivity contribution in [2.75, 3.05) is 6.54 Å². The minimum atomic E-state index is -0.0399.